The minimum Gasteiger partial charge on any atom is -0.461 e. The Morgan fingerprint density at radius 2 is 1.88 bits per heavy atom. The van der Waals surface area contributed by atoms with Crippen LogP contribution in [0.1, 0.15) is 60.1 Å². The fourth-order valence-corrected chi connectivity index (χ4v) is 4.17. The number of halogens is 2. The second kappa shape index (κ2) is 9.94. The lowest BCUT2D eigenvalue weighted by Crippen LogP contribution is -2.26. The van der Waals surface area contributed by atoms with E-state index in [1.807, 2.05) is 18.2 Å². The monoisotopic (exact) mass is 480 g/mol. The molecule has 1 aromatic heterocycles. The number of aryl methyl sites for hydroxylation is 2. The summed E-state index contributed by atoms with van der Waals surface area (Å²) in [6.45, 7) is 3.18. The average Bonchev–Trinajstić information content (AvgIpc) is 3.67. The Morgan fingerprint density at radius 3 is 2.53 bits per heavy atom. The lowest BCUT2D eigenvalue weighted by molar-refractivity contribution is -0.144. The Morgan fingerprint density at radius 1 is 1.18 bits per heavy atom. The van der Waals surface area contributed by atoms with Gasteiger partial charge in [0.2, 0.25) is 0 Å². The van der Waals surface area contributed by atoms with E-state index in [1.165, 1.54) is 37.6 Å². The zero-order valence-corrected chi connectivity index (χ0v) is 20.2. The summed E-state index contributed by atoms with van der Waals surface area (Å²) >= 11 is 6.50. The number of hydrogen-bond acceptors (Lipinski definition) is 4. The van der Waals surface area contributed by atoms with Crippen molar-refractivity contribution >= 4 is 29.7 Å². The third kappa shape index (κ3) is 4.97. The predicted molar refractivity (Wildman–Crippen MR) is 132 cm³/mol. The summed E-state index contributed by atoms with van der Waals surface area (Å²) in [5, 5.41) is 4.51. The van der Waals surface area contributed by atoms with Crippen molar-refractivity contribution in [1.29, 1.82) is 0 Å². The Kier molecular flexibility index (Phi) is 6.98. The molecule has 0 atom stereocenters. The van der Waals surface area contributed by atoms with Crippen LogP contribution in [0, 0.1) is 12.7 Å². The second-order valence-corrected chi connectivity index (χ2v) is 8.88. The van der Waals surface area contributed by atoms with Crippen molar-refractivity contribution in [3.05, 3.63) is 85.5 Å². The standard InChI is InChI=1S/C27H26ClFN2O3/c1-4-24(32)34-15-21-16(2)30-31(3)27(33)26(21)25-20(22(28)13-14-23(25)29)12-7-17-5-8-18(9-6-17)19-10-11-19/h5-9,12-14,19H,4,10-11,15H2,1-3H3/b12-7+. The van der Waals surface area contributed by atoms with E-state index in [0.29, 0.717) is 27.8 Å². The highest BCUT2D eigenvalue weighted by atomic mass is 35.5. The predicted octanol–water partition coefficient (Wildman–Crippen LogP) is 6.05. The fraction of sp³-hybridized carbons (Fsp3) is 0.296. The van der Waals surface area contributed by atoms with Crippen molar-refractivity contribution in [3.8, 4) is 11.1 Å². The molecule has 0 aliphatic heterocycles. The third-order valence-corrected chi connectivity index (χ3v) is 6.36. The van der Waals surface area contributed by atoms with Gasteiger partial charge >= 0.3 is 5.97 Å². The van der Waals surface area contributed by atoms with Gasteiger partial charge in [0, 0.05) is 35.2 Å². The molecule has 2 aromatic carbocycles. The van der Waals surface area contributed by atoms with Crippen molar-refractivity contribution in [2.45, 2.75) is 45.6 Å². The third-order valence-electron chi connectivity index (χ3n) is 6.03. The van der Waals surface area contributed by atoms with Gasteiger partial charge < -0.3 is 4.74 Å². The van der Waals surface area contributed by atoms with Gasteiger partial charge in [0.25, 0.3) is 5.56 Å². The maximum absolute atomic E-state index is 15.3. The molecule has 1 aliphatic carbocycles. The molecule has 7 heteroatoms. The molecule has 4 rings (SSSR count). The number of carbonyl (C=O) groups excluding carboxylic acids is 1. The average molecular weight is 481 g/mol. The highest BCUT2D eigenvalue weighted by Gasteiger charge is 2.24. The minimum absolute atomic E-state index is 0.0620. The summed E-state index contributed by atoms with van der Waals surface area (Å²) in [7, 11) is 1.50. The Bertz CT molecular complexity index is 1330. The van der Waals surface area contributed by atoms with Crippen molar-refractivity contribution < 1.29 is 13.9 Å². The molecule has 0 N–H and O–H groups in total. The first-order valence-electron chi connectivity index (χ1n) is 11.3. The molecule has 34 heavy (non-hydrogen) atoms. The summed E-state index contributed by atoms with van der Waals surface area (Å²) < 4.78 is 21.8. The molecule has 176 valence electrons. The molecule has 0 spiro atoms. The summed E-state index contributed by atoms with van der Waals surface area (Å²) in [5.41, 5.74) is 3.10. The van der Waals surface area contributed by atoms with Crippen LogP contribution in [0.25, 0.3) is 23.3 Å². The topological polar surface area (TPSA) is 61.2 Å². The zero-order chi connectivity index (χ0) is 24.4. The first kappa shape index (κ1) is 23.9. The lowest BCUT2D eigenvalue weighted by Gasteiger charge is -2.16. The van der Waals surface area contributed by atoms with Gasteiger partial charge in [0.1, 0.15) is 12.4 Å². The molecule has 0 bridgehead atoms. The van der Waals surface area contributed by atoms with Crippen LogP contribution in [0.15, 0.2) is 41.2 Å². The highest BCUT2D eigenvalue weighted by molar-refractivity contribution is 6.32. The number of esters is 1. The van der Waals surface area contributed by atoms with E-state index in [-0.39, 0.29) is 24.2 Å². The molecule has 0 saturated heterocycles. The Balaban J connectivity index is 1.83. The van der Waals surface area contributed by atoms with Crippen LogP contribution in [0.4, 0.5) is 4.39 Å². The van der Waals surface area contributed by atoms with E-state index in [0.717, 1.165) is 10.2 Å². The van der Waals surface area contributed by atoms with Crippen LogP contribution in [-0.2, 0) is 23.2 Å². The Hall–Kier alpha value is -3.25. The van der Waals surface area contributed by atoms with Crippen molar-refractivity contribution in [2.24, 2.45) is 7.05 Å². The van der Waals surface area contributed by atoms with E-state index in [9.17, 15) is 9.59 Å². The maximum atomic E-state index is 15.3. The second-order valence-electron chi connectivity index (χ2n) is 8.47. The van der Waals surface area contributed by atoms with E-state index in [1.54, 1.807) is 19.9 Å². The van der Waals surface area contributed by atoms with E-state index in [2.05, 4.69) is 17.2 Å². The number of aromatic nitrogens is 2. The van der Waals surface area contributed by atoms with Gasteiger partial charge in [-0.2, -0.15) is 5.10 Å². The number of rotatable bonds is 7. The number of nitrogens with zero attached hydrogens (tertiary/aromatic N) is 2. The van der Waals surface area contributed by atoms with Crippen molar-refractivity contribution in [3.63, 3.8) is 0 Å². The van der Waals surface area contributed by atoms with Gasteiger partial charge in [-0.05, 0) is 48.9 Å². The molecule has 1 saturated carbocycles. The van der Waals surface area contributed by atoms with Gasteiger partial charge in [-0.25, -0.2) is 9.07 Å². The fourth-order valence-electron chi connectivity index (χ4n) is 3.95. The molecule has 0 radical (unpaired) electrons. The van der Waals surface area contributed by atoms with E-state index >= 15 is 4.39 Å². The largest absolute Gasteiger partial charge is 0.461 e. The minimum atomic E-state index is -0.598. The molecule has 5 nitrogen and oxygen atoms in total. The molecule has 0 amide bonds. The summed E-state index contributed by atoms with van der Waals surface area (Å²) in [6.07, 6.45) is 6.20. The van der Waals surface area contributed by atoms with Gasteiger partial charge in [0.05, 0.1) is 11.3 Å². The summed E-state index contributed by atoms with van der Waals surface area (Å²) in [4.78, 5) is 25.0. The number of ether oxygens (including phenoxy) is 1. The molecular formula is C27H26ClFN2O3. The number of benzene rings is 2. The number of carbonyl (C=O) groups is 1. The molecule has 3 aromatic rings. The lowest BCUT2D eigenvalue weighted by atomic mass is 9.94. The van der Waals surface area contributed by atoms with Crippen LogP contribution in [0.3, 0.4) is 0 Å². The molecule has 0 unspecified atom stereocenters. The first-order valence-corrected chi connectivity index (χ1v) is 11.7. The van der Waals surface area contributed by atoms with E-state index in [4.69, 9.17) is 16.3 Å². The SMILES string of the molecule is CCC(=O)OCc1c(C)nn(C)c(=O)c1-c1c(F)ccc(Cl)c1/C=C/c1ccc(C2CC2)cc1. The normalized spacial score (nSPS) is 13.4. The van der Waals surface area contributed by atoms with Crippen LogP contribution >= 0.6 is 11.6 Å². The highest BCUT2D eigenvalue weighted by Crippen LogP contribution is 2.40. The Labute approximate surface area is 202 Å². The van der Waals surface area contributed by atoms with Gasteiger partial charge in [0.15, 0.2) is 0 Å². The van der Waals surface area contributed by atoms with Gasteiger partial charge in [-0.1, -0.05) is 54.9 Å². The van der Waals surface area contributed by atoms with Crippen molar-refractivity contribution in [2.75, 3.05) is 0 Å². The molecule has 1 heterocycles. The smallest absolute Gasteiger partial charge is 0.305 e. The zero-order valence-electron chi connectivity index (χ0n) is 19.4. The molecule has 1 fully saturated rings. The molecular weight excluding hydrogens is 455 g/mol. The van der Waals surface area contributed by atoms with E-state index < -0.39 is 17.3 Å². The van der Waals surface area contributed by atoms with Crippen LogP contribution in [0.2, 0.25) is 5.02 Å². The van der Waals surface area contributed by atoms with Crippen LogP contribution < -0.4 is 5.56 Å². The molecule has 1 aliphatic rings. The number of hydrogen-bond donors (Lipinski definition) is 0. The summed E-state index contributed by atoms with van der Waals surface area (Å²) in [6, 6.07) is 10.9. The van der Waals surface area contributed by atoms with Gasteiger partial charge in [-0.3, -0.25) is 9.59 Å². The van der Waals surface area contributed by atoms with Crippen LogP contribution in [-0.4, -0.2) is 15.7 Å². The maximum Gasteiger partial charge on any atom is 0.305 e. The first-order chi connectivity index (χ1) is 16.3. The van der Waals surface area contributed by atoms with Gasteiger partial charge in [-0.15, -0.1) is 0 Å². The van der Waals surface area contributed by atoms with Crippen molar-refractivity contribution in [1.82, 2.24) is 9.78 Å². The van der Waals surface area contributed by atoms with Crippen LogP contribution in [0.5, 0.6) is 0 Å². The quantitative estimate of drug-likeness (QED) is 0.305. The summed E-state index contributed by atoms with van der Waals surface area (Å²) in [5.74, 6) is -0.361.